The number of halogens is 3. The summed E-state index contributed by atoms with van der Waals surface area (Å²) in [5.41, 5.74) is 5.32. The Bertz CT molecular complexity index is 1540. The molecule has 4 aromatic rings. The molecule has 0 saturated carbocycles. The van der Waals surface area contributed by atoms with Crippen LogP contribution < -0.4 is 5.56 Å². The Labute approximate surface area is 226 Å². The third kappa shape index (κ3) is 4.62. The van der Waals surface area contributed by atoms with E-state index in [2.05, 4.69) is 43.9 Å². The summed E-state index contributed by atoms with van der Waals surface area (Å²) < 4.78 is 1.62. The zero-order valence-corrected chi connectivity index (χ0v) is 22.8. The highest BCUT2D eigenvalue weighted by Crippen LogP contribution is 2.39. The maximum atomic E-state index is 13.3. The van der Waals surface area contributed by atoms with Crippen LogP contribution in [0.3, 0.4) is 0 Å². The highest BCUT2D eigenvalue weighted by atomic mass is 35.5. The standard InChI is InChI=1S/C30H27Cl3N2O/c1-30(2,3)34-15-13-19(14-16-34)20-17-23(21-7-4-5-8-24(21)31)22-11-12-28(36)35(27(22)18-20)29-25(32)9-6-10-26(29)33/h4-13,17-18H,14-16H2,1-3H3. The van der Waals surface area contributed by atoms with Crippen molar-refractivity contribution >= 4 is 51.3 Å². The van der Waals surface area contributed by atoms with Crippen molar-refractivity contribution < 1.29 is 0 Å². The highest BCUT2D eigenvalue weighted by molar-refractivity contribution is 6.38. The minimum atomic E-state index is -0.198. The van der Waals surface area contributed by atoms with E-state index < -0.39 is 0 Å². The van der Waals surface area contributed by atoms with Crippen LogP contribution in [0.15, 0.2) is 77.6 Å². The van der Waals surface area contributed by atoms with Gasteiger partial charge in [-0.25, -0.2) is 0 Å². The lowest BCUT2D eigenvalue weighted by atomic mass is 9.91. The van der Waals surface area contributed by atoms with Gasteiger partial charge in [-0.1, -0.05) is 65.1 Å². The molecule has 0 atom stereocenters. The van der Waals surface area contributed by atoms with Gasteiger partial charge < -0.3 is 0 Å². The molecular weight excluding hydrogens is 511 g/mol. The monoisotopic (exact) mass is 536 g/mol. The molecule has 0 unspecified atom stereocenters. The molecule has 3 nitrogen and oxygen atoms in total. The quantitative estimate of drug-likeness (QED) is 0.262. The average molecular weight is 538 g/mol. The van der Waals surface area contributed by atoms with Crippen LogP contribution in [-0.2, 0) is 0 Å². The van der Waals surface area contributed by atoms with Gasteiger partial charge in [0.15, 0.2) is 0 Å². The van der Waals surface area contributed by atoms with E-state index in [1.165, 1.54) is 5.57 Å². The third-order valence-electron chi connectivity index (χ3n) is 6.87. The Morgan fingerprint density at radius 3 is 2.14 bits per heavy atom. The molecule has 184 valence electrons. The highest BCUT2D eigenvalue weighted by Gasteiger charge is 2.24. The molecule has 6 heteroatoms. The molecular formula is C30H27Cl3N2O. The summed E-state index contributed by atoms with van der Waals surface area (Å²) in [6.45, 7) is 8.55. The van der Waals surface area contributed by atoms with E-state index in [9.17, 15) is 4.79 Å². The molecule has 0 radical (unpaired) electrons. The second-order valence-electron chi connectivity index (χ2n) is 10.1. The van der Waals surface area contributed by atoms with Gasteiger partial charge in [-0.3, -0.25) is 14.3 Å². The molecule has 0 aliphatic carbocycles. The lowest BCUT2D eigenvalue weighted by Gasteiger charge is -2.37. The van der Waals surface area contributed by atoms with Gasteiger partial charge in [-0.2, -0.15) is 0 Å². The maximum Gasteiger partial charge on any atom is 0.255 e. The van der Waals surface area contributed by atoms with E-state index in [-0.39, 0.29) is 11.1 Å². The average Bonchev–Trinajstić information content (AvgIpc) is 2.84. The lowest BCUT2D eigenvalue weighted by molar-refractivity contribution is 0.153. The second kappa shape index (κ2) is 9.72. The maximum absolute atomic E-state index is 13.3. The van der Waals surface area contributed by atoms with Crippen LogP contribution in [0.2, 0.25) is 15.1 Å². The van der Waals surface area contributed by atoms with Crippen molar-refractivity contribution in [2.45, 2.75) is 32.7 Å². The minimum Gasteiger partial charge on any atom is -0.294 e. The van der Waals surface area contributed by atoms with Crippen LogP contribution >= 0.6 is 34.8 Å². The van der Waals surface area contributed by atoms with E-state index in [0.29, 0.717) is 20.8 Å². The first-order valence-electron chi connectivity index (χ1n) is 12.0. The van der Waals surface area contributed by atoms with Crippen LogP contribution in [0.25, 0.3) is 33.3 Å². The summed E-state index contributed by atoms with van der Waals surface area (Å²) >= 11 is 19.8. The van der Waals surface area contributed by atoms with Gasteiger partial charge in [-0.05, 0) is 80.3 Å². The first kappa shape index (κ1) is 25.1. The Morgan fingerprint density at radius 2 is 1.50 bits per heavy atom. The number of benzene rings is 3. The smallest absolute Gasteiger partial charge is 0.255 e. The first-order chi connectivity index (χ1) is 17.1. The molecule has 1 aliphatic rings. The van der Waals surface area contributed by atoms with Gasteiger partial charge in [0.1, 0.15) is 0 Å². The van der Waals surface area contributed by atoms with E-state index >= 15 is 0 Å². The van der Waals surface area contributed by atoms with Crippen LogP contribution in [0.1, 0.15) is 32.8 Å². The Kier molecular flexibility index (Phi) is 6.78. The first-order valence-corrected chi connectivity index (χ1v) is 13.1. The van der Waals surface area contributed by atoms with Crippen molar-refractivity contribution in [3.63, 3.8) is 0 Å². The number of pyridine rings is 1. The normalized spacial score (nSPS) is 14.8. The number of aromatic nitrogens is 1. The lowest BCUT2D eigenvalue weighted by Crippen LogP contribution is -2.43. The van der Waals surface area contributed by atoms with Crippen LogP contribution in [0, 0.1) is 0 Å². The number of nitrogens with zero attached hydrogens (tertiary/aromatic N) is 2. The van der Waals surface area contributed by atoms with Crippen molar-refractivity contribution in [2.24, 2.45) is 0 Å². The molecule has 0 fully saturated rings. The molecule has 0 spiro atoms. The van der Waals surface area contributed by atoms with Gasteiger partial charge in [0.2, 0.25) is 0 Å². The van der Waals surface area contributed by atoms with Crippen LogP contribution in [0.5, 0.6) is 0 Å². The number of hydrogen-bond donors (Lipinski definition) is 0. The summed E-state index contributed by atoms with van der Waals surface area (Å²) in [5, 5.41) is 2.38. The number of rotatable bonds is 3. The van der Waals surface area contributed by atoms with Gasteiger partial charge in [-0.15, -0.1) is 0 Å². The SMILES string of the molecule is CC(C)(C)N1CC=C(c2cc(-c3ccccc3Cl)c3ccc(=O)n(-c4c(Cl)cccc4Cl)c3c2)CC1. The van der Waals surface area contributed by atoms with Gasteiger partial charge in [0, 0.05) is 40.7 Å². The fourth-order valence-electron chi connectivity index (χ4n) is 4.91. The largest absolute Gasteiger partial charge is 0.294 e. The topological polar surface area (TPSA) is 25.2 Å². The van der Waals surface area contributed by atoms with E-state index in [0.717, 1.165) is 47.1 Å². The van der Waals surface area contributed by atoms with Crippen molar-refractivity contribution in [3.05, 3.63) is 104 Å². The van der Waals surface area contributed by atoms with Crippen LogP contribution in [0.4, 0.5) is 0 Å². The molecule has 3 aromatic carbocycles. The van der Waals surface area contributed by atoms with Crippen molar-refractivity contribution in [2.75, 3.05) is 13.1 Å². The summed E-state index contributed by atoms with van der Waals surface area (Å²) in [6, 6.07) is 20.7. The molecule has 5 rings (SSSR count). The zero-order chi connectivity index (χ0) is 25.6. The molecule has 2 heterocycles. The molecule has 0 amide bonds. The van der Waals surface area contributed by atoms with Gasteiger partial charge >= 0.3 is 0 Å². The molecule has 1 aromatic heterocycles. The van der Waals surface area contributed by atoms with Crippen molar-refractivity contribution in [1.29, 1.82) is 0 Å². The molecule has 0 bridgehead atoms. The summed E-state index contributed by atoms with van der Waals surface area (Å²) in [6.07, 6.45) is 3.20. The van der Waals surface area contributed by atoms with E-state index in [1.54, 1.807) is 28.8 Å². The van der Waals surface area contributed by atoms with Crippen LogP contribution in [-0.4, -0.2) is 28.1 Å². The fraction of sp³-hybridized carbons (Fsp3) is 0.233. The van der Waals surface area contributed by atoms with Crippen molar-refractivity contribution in [1.82, 2.24) is 9.47 Å². The summed E-state index contributed by atoms with van der Waals surface area (Å²) in [5.74, 6) is 0. The Hall–Kier alpha value is -2.56. The van der Waals surface area contributed by atoms with E-state index in [1.807, 2.05) is 30.3 Å². The molecule has 1 aliphatic heterocycles. The van der Waals surface area contributed by atoms with Gasteiger partial charge in [0.05, 0.1) is 21.2 Å². The van der Waals surface area contributed by atoms with Gasteiger partial charge in [0.25, 0.3) is 5.56 Å². The Morgan fingerprint density at radius 1 is 0.806 bits per heavy atom. The predicted octanol–water partition coefficient (Wildman–Crippen LogP) is 8.51. The number of fused-ring (bicyclic) bond motifs is 1. The third-order valence-corrected chi connectivity index (χ3v) is 7.81. The minimum absolute atomic E-state index is 0.107. The predicted molar refractivity (Wildman–Crippen MR) is 154 cm³/mol. The molecule has 0 saturated heterocycles. The Balaban J connectivity index is 1.82. The number of para-hydroxylation sites is 1. The van der Waals surface area contributed by atoms with Crippen molar-refractivity contribution in [3.8, 4) is 16.8 Å². The molecule has 0 N–H and O–H groups in total. The fourth-order valence-corrected chi connectivity index (χ4v) is 5.71. The van der Waals surface area contributed by atoms with E-state index in [4.69, 9.17) is 34.8 Å². The summed E-state index contributed by atoms with van der Waals surface area (Å²) in [4.78, 5) is 15.8. The second-order valence-corrected chi connectivity index (χ2v) is 11.3. The summed E-state index contributed by atoms with van der Waals surface area (Å²) in [7, 11) is 0. The zero-order valence-electron chi connectivity index (χ0n) is 20.5. The molecule has 36 heavy (non-hydrogen) atoms. The number of hydrogen-bond acceptors (Lipinski definition) is 2.